The topological polar surface area (TPSA) is 96.6 Å². The monoisotopic (exact) mass is 361 g/mol. The summed E-state index contributed by atoms with van der Waals surface area (Å²) in [5.74, 6) is -3.39. The summed E-state index contributed by atoms with van der Waals surface area (Å²) in [6.07, 6.45) is -0.726. The van der Waals surface area contributed by atoms with Gasteiger partial charge in [-0.25, -0.2) is 4.79 Å². The van der Waals surface area contributed by atoms with Crippen molar-refractivity contribution < 1.29 is 23.7 Å². The molecule has 0 aromatic carbocycles. The quantitative estimate of drug-likeness (QED) is 0.649. The van der Waals surface area contributed by atoms with Crippen LogP contribution in [0.15, 0.2) is 17.1 Å². The molecule has 25 heavy (non-hydrogen) atoms. The normalized spacial score (nSPS) is 25.5. The molecule has 1 aromatic heterocycles. The minimum Gasteiger partial charge on any atom is -0.394 e. The highest BCUT2D eigenvalue weighted by molar-refractivity contribution is 5.33. The van der Waals surface area contributed by atoms with Gasteiger partial charge in [0, 0.05) is 12.2 Å². The van der Waals surface area contributed by atoms with E-state index < -0.39 is 36.7 Å². The van der Waals surface area contributed by atoms with E-state index in [9.17, 15) is 18.7 Å². The number of nitrogens with one attached hydrogen (secondary N) is 1. The summed E-state index contributed by atoms with van der Waals surface area (Å²) in [5.41, 5.74) is -0.910. The lowest BCUT2D eigenvalue weighted by molar-refractivity contribution is -0.140. The minimum atomic E-state index is -3.71. The maximum Gasteiger partial charge on any atom is 0.351 e. The molecule has 1 saturated heterocycles. The van der Waals surface area contributed by atoms with Crippen LogP contribution in [0.3, 0.4) is 0 Å². The third-order valence-electron chi connectivity index (χ3n) is 4.27. The first-order valence-electron chi connectivity index (χ1n) is 8.53. The molecule has 9 heteroatoms. The molecule has 2 rings (SSSR count). The van der Waals surface area contributed by atoms with Crippen LogP contribution < -0.4 is 11.0 Å². The number of anilines is 1. The fourth-order valence-corrected chi connectivity index (χ4v) is 2.98. The second kappa shape index (κ2) is 8.20. The Morgan fingerprint density at radius 1 is 1.40 bits per heavy atom. The van der Waals surface area contributed by atoms with Crippen LogP contribution >= 0.6 is 0 Å². The van der Waals surface area contributed by atoms with E-state index in [1.165, 1.54) is 6.07 Å². The molecule has 0 saturated carbocycles. The number of aromatic nitrogens is 2. The lowest BCUT2D eigenvalue weighted by atomic mass is 10.1. The Hall–Kier alpha value is -1.58. The zero-order valence-corrected chi connectivity index (χ0v) is 14.4. The van der Waals surface area contributed by atoms with Crippen LogP contribution in [0, 0.1) is 0 Å². The maximum atomic E-state index is 14.1. The van der Waals surface area contributed by atoms with Gasteiger partial charge in [-0.1, -0.05) is 26.7 Å². The van der Waals surface area contributed by atoms with Gasteiger partial charge in [-0.05, 0) is 18.9 Å². The van der Waals surface area contributed by atoms with E-state index in [1.807, 2.05) is 0 Å². The highest BCUT2D eigenvalue weighted by Gasteiger charge is 2.59. The van der Waals surface area contributed by atoms with Crippen LogP contribution in [-0.2, 0) is 4.74 Å². The van der Waals surface area contributed by atoms with Crippen molar-refractivity contribution in [1.29, 1.82) is 0 Å². The van der Waals surface area contributed by atoms with Gasteiger partial charge in [-0.2, -0.15) is 13.8 Å². The van der Waals surface area contributed by atoms with Crippen LogP contribution in [0.4, 0.5) is 14.6 Å². The van der Waals surface area contributed by atoms with Crippen molar-refractivity contribution in [2.45, 2.75) is 69.9 Å². The average molecular weight is 361 g/mol. The Morgan fingerprint density at radius 3 is 2.52 bits per heavy atom. The lowest BCUT2D eigenvalue weighted by Gasteiger charge is -2.22. The summed E-state index contributed by atoms with van der Waals surface area (Å²) in [4.78, 5) is 16.0. The van der Waals surface area contributed by atoms with Gasteiger partial charge < -0.3 is 20.3 Å². The summed E-state index contributed by atoms with van der Waals surface area (Å²) < 4.78 is 33.8. The fourth-order valence-electron chi connectivity index (χ4n) is 2.98. The van der Waals surface area contributed by atoms with Crippen LogP contribution in [-0.4, -0.2) is 50.5 Å². The van der Waals surface area contributed by atoms with Gasteiger partial charge in [0.2, 0.25) is 6.23 Å². The standard InChI is InChI=1S/C16H25F2N3O4/c1-3-5-10(6-4-2)19-12-7-8-21(15(24)20-12)14-16(17,18)13(23)11(9-22)25-14/h7-8,10-11,13-14,22-23H,3-6,9H2,1-2H3,(H,19,20,24)/t11-,13-,14-/m1/s1. The molecule has 0 radical (unpaired) electrons. The first kappa shape index (κ1) is 19.7. The molecule has 1 aliphatic rings. The number of hydrogen-bond acceptors (Lipinski definition) is 6. The molecule has 1 fully saturated rings. The van der Waals surface area contributed by atoms with Crippen LogP contribution in [0.2, 0.25) is 0 Å². The Balaban J connectivity index is 2.21. The van der Waals surface area contributed by atoms with Gasteiger partial charge in [-0.3, -0.25) is 4.57 Å². The number of aliphatic hydroxyl groups is 2. The van der Waals surface area contributed by atoms with Crippen LogP contribution in [0.1, 0.15) is 45.8 Å². The number of aliphatic hydroxyl groups excluding tert-OH is 2. The molecule has 0 bridgehead atoms. The molecule has 142 valence electrons. The van der Waals surface area contributed by atoms with Gasteiger partial charge in [0.15, 0.2) is 6.10 Å². The van der Waals surface area contributed by atoms with Crippen molar-refractivity contribution in [2.24, 2.45) is 0 Å². The summed E-state index contributed by atoms with van der Waals surface area (Å²) in [6.45, 7) is 3.33. The Labute approximate surface area is 144 Å². The molecule has 3 N–H and O–H groups in total. The molecule has 1 aliphatic heterocycles. The Morgan fingerprint density at radius 2 is 2.04 bits per heavy atom. The number of hydrogen-bond donors (Lipinski definition) is 3. The van der Waals surface area contributed by atoms with Crippen LogP contribution in [0.25, 0.3) is 0 Å². The fraction of sp³-hybridized carbons (Fsp3) is 0.750. The molecule has 0 amide bonds. The number of nitrogens with zero attached hydrogens (tertiary/aromatic N) is 2. The van der Waals surface area contributed by atoms with Gasteiger partial charge in [-0.15, -0.1) is 0 Å². The third kappa shape index (κ3) is 4.16. The van der Waals surface area contributed by atoms with Crippen molar-refractivity contribution in [3.05, 3.63) is 22.7 Å². The van der Waals surface area contributed by atoms with E-state index in [0.717, 1.165) is 31.9 Å². The van der Waals surface area contributed by atoms with E-state index in [1.54, 1.807) is 0 Å². The first-order chi connectivity index (χ1) is 11.8. The molecule has 3 atom stereocenters. The highest BCUT2D eigenvalue weighted by atomic mass is 19.3. The molecule has 0 spiro atoms. The SMILES string of the molecule is CCCC(CCC)Nc1ccn([C@@H]2O[C@H](CO)[C@@H](O)C2(F)F)c(=O)n1. The zero-order valence-electron chi connectivity index (χ0n) is 14.4. The third-order valence-corrected chi connectivity index (χ3v) is 4.27. The van der Waals surface area contributed by atoms with Crippen LogP contribution in [0.5, 0.6) is 0 Å². The molecule has 1 aromatic rings. The molecule has 0 aliphatic carbocycles. The van der Waals surface area contributed by atoms with Crippen molar-refractivity contribution >= 4 is 5.82 Å². The van der Waals surface area contributed by atoms with Crippen molar-refractivity contribution in [1.82, 2.24) is 9.55 Å². The predicted molar refractivity (Wildman–Crippen MR) is 87.7 cm³/mol. The number of ether oxygens (including phenoxy) is 1. The minimum absolute atomic E-state index is 0.155. The van der Waals surface area contributed by atoms with E-state index in [-0.39, 0.29) is 6.04 Å². The Bertz CT molecular complexity index is 620. The van der Waals surface area contributed by atoms with Gasteiger partial charge in [0.05, 0.1) is 6.61 Å². The largest absolute Gasteiger partial charge is 0.394 e. The van der Waals surface area contributed by atoms with E-state index >= 15 is 0 Å². The summed E-state index contributed by atoms with van der Waals surface area (Å²) in [7, 11) is 0. The molecule has 7 nitrogen and oxygen atoms in total. The smallest absolute Gasteiger partial charge is 0.351 e. The Kier molecular flexibility index (Phi) is 6.47. The number of halogens is 2. The van der Waals surface area contributed by atoms with E-state index in [0.29, 0.717) is 10.4 Å². The van der Waals surface area contributed by atoms with Gasteiger partial charge in [0.25, 0.3) is 0 Å². The number of alkyl halides is 2. The molecular weight excluding hydrogens is 336 g/mol. The highest BCUT2D eigenvalue weighted by Crippen LogP contribution is 2.41. The van der Waals surface area contributed by atoms with Crippen molar-refractivity contribution in [3.63, 3.8) is 0 Å². The van der Waals surface area contributed by atoms with E-state index in [4.69, 9.17) is 9.84 Å². The first-order valence-corrected chi connectivity index (χ1v) is 8.53. The zero-order chi connectivity index (χ0) is 18.6. The number of rotatable bonds is 8. The second-order valence-electron chi connectivity index (χ2n) is 6.25. The molecule has 0 unspecified atom stereocenters. The van der Waals surface area contributed by atoms with E-state index in [2.05, 4.69) is 24.1 Å². The maximum absolute atomic E-state index is 14.1. The summed E-state index contributed by atoms with van der Waals surface area (Å²) in [5, 5.41) is 21.7. The lowest BCUT2D eigenvalue weighted by Crippen LogP contribution is -2.41. The molecule has 2 heterocycles. The van der Waals surface area contributed by atoms with Gasteiger partial charge in [0.1, 0.15) is 11.9 Å². The summed E-state index contributed by atoms with van der Waals surface area (Å²) in [6, 6.07) is 1.58. The second-order valence-corrected chi connectivity index (χ2v) is 6.25. The van der Waals surface area contributed by atoms with Crippen molar-refractivity contribution in [2.75, 3.05) is 11.9 Å². The molecular formula is C16H25F2N3O4. The predicted octanol–water partition coefficient (Wildman–Crippen LogP) is 1.51. The van der Waals surface area contributed by atoms with Crippen molar-refractivity contribution in [3.8, 4) is 0 Å². The summed E-state index contributed by atoms with van der Waals surface area (Å²) >= 11 is 0. The average Bonchev–Trinajstić information content (AvgIpc) is 2.78. The van der Waals surface area contributed by atoms with Gasteiger partial charge >= 0.3 is 11.6 Å².